The molecule has 1 aromatic carbocycles. The molecule has 3 unspecified atom stereocenters. The predicted octanol–water partition coefficient (Wildman–Crippen LogP) is 6.22. The summed E-state index contributed by atoms with van der Waals surface area (Å²) in [6.07, 6.45) is 10.1. The number of nitrogens with zero attached hydrogens (tertiary/aromatic N) is 1. The van der Waals surface area contributed by atoms with Gasteiger partial charge in [0, 0.05) is 22.8 Å². The monoisotopic (exact) mass is 437 g/mol. The summed E-state index contributed by atoms with van der Waals surface area (Å²) in [5.74, 6) is 0.536. The van der Waals surface area contributed by atoms with Gasteiger partial charge in [0.05, 0.1) is 12.6 Å². The molecule has 0 amide bonds. The highest BCUT2D eigenvalue weighted by atomic mass is 32.1. The third-order valence-electron chi connectivity index (χ3n) is 7.65. The van der Waals surface area contributed by atoms with Crippen LogP contribution in [0.4, 0.5) is 0 Å². The van der Waals surface area contributed by atoms with Crippen LogP contribution >= 0.6 is 11.3 Å². The largest absolute Gasteiger partial charge is 0.303 e. The van der Waals surface area contributed by atoms with E-state index in [0.717, 1.165) is 64.3 Å². The van der Waals surface area contributed by atoms with Crippen molar-refractivity contribution >= 4 is 23.4 Å². The van der Waals surface area contributed by atoms with Crippen LogP contribution in [-0.4, -0.2) is 30.1 Å². The Morgan fingerprint density at radius 2 is 1.90 bits per heavy atom. The molecular formula is C27H35NO2S. The number of hydrogen-bond donors (Lipinski definition) is 0. The number of ketones is 1. The van der Waals surface area contributed by atoms with E-state index in [0.29, 0.717) is 12.3 Å². The highest BCUT2D eigenvalue weighted by molar-refractivity contribution is 7.10. The van der Waals surface area contributed by atoms with E-state index < -0.39 is 0 Å². The highest BCUT2D eigenvalue weighted by Crippen LogP contribution is 2.39. The summed E-state index contributed by atoms with van der Waals surface area (Å²) in [6.45, 7) is 3.61. The summed E-state index contributed by atoms with van der Waals surface area (Å²) in [6, 6.07) is 13.1. The molecule has 166 valence electrons. The first-order valence-corrected chi connectivity index (χ1v) is 12.9. The van der Waals surface area contributed by atoms with Gasteiger partial charge in [0.25, 0.3) is 0 Å². The Hall–Kier alpha value is -1.78. The number of carbonyl (C=O) groups is 2. The third kappa shape index (κ3) is 5.01. The molecule has 1 aliphatic heterocycles. The summed E-state index contributed by atoms with van der Waals surface area (Å²) >= 11 is 1.84. The molecule has 2 aliphatic rings. The smallest absolute Gasteiger partial charge is 0.149 e. The first kappa shape index (κ1) is 22.4. The number of hydrogen-bond acceptors (Lipinski definition) is 4. The number of thiophene rings is 1. The zero-order valence-corrected chi connectivity index (χ0v) is 19.5. The zero-order valence-electron chi connectivity index (χ0n) is 18.7. The first-order chi connectivity index (χ1) is 15.2. The van der Waals surface area contributed by atoms with E-state index in [2.05, 4.69) is 53.6 Å². The van der Waals surface area contributed by atoms with E-state index in [1.54, 1.807) is 0 Å². The van der Waals surface area contributed by atoms with Gasteiger partial charge in [0.2, 0.25) is 0 Å². The molecule has 0 spiro atoms. The average Bonchev–Trinajstić information content (AvgIpc) is 3.31. The number of rotatable bonds is 6. The van der Waals surface area contributed by atoms with Crippen molar-refractivity contribution in [1.29, 1.82) is 0 Å². The second-order valence-electron chi connectivity index (χ2n) is 9.47. The van der Waals surface area contributed by atoms with Crippen LogP contribution in [0, 0.1) is 11.3 Å². The predicted molar refractivity (Wildman–Crippen MR) is 127 cm³/mol. The van der Waals surface area contributed by atoms with E-state index in [4.69, 9.17) is 0 Å². The lowest BCUT2D eigenvalue weighted by molar-refractivity contribution is -0.125. The van der Waals surface area contributed by atoms with Gasteiger partial charge in [-0.3, -0.25) is 9.69 Å². The molecule has 1 fully saturated rings. The van der Waals surface area contributed by atoms with E-state index >= 15 is 0 Å². The normalized spacial score (nSPS) is 27.5. The van der Waals surface area contributed by atoms with Crippen molar-refractivity contribution in [3.8, 4) is 0 Å². The van der Waals surface area contributed by atoms with Crippen LogP contribution in [0.15, 0.2) is 41.8 Å². The Bertz CT molecular complexity index is 876. The molecule has 3 nitrogen and oxygen atoms in total. The second kappa shape index (κ2) is 10.2. The lowest BCUT2D eigenvalue weighted by Crippen LogP contribution is -2.40. The average molecular weight is 438 g/mol. The molecule has 0 N–H and O–H groups in total. The number of carbonyl (C=O) groups excluding carboxylic acids is 2. The summed E-state index contributed by atoms with van der Waals surface area (Å²) in [5, 5.41) is 2.19. The Morgan fingerprint density at radius 1 is 1.13 bits per heavy atom. The van der Waals surface area contributed by atoms with E-state index in [1.807, 2.05) is 11.3 Å². The summed E-state index contributed by atoms with van der Waals surface area (Å²) in [4.78, 5) is 29.1. The fraction of sp³-hybridized carbons (Fsp3) is 0.556. The van der Waals surface area contributed by atoms with Crippen molar-refractivity contribution in [3.63, 3.8) is 0 Å². The topological polar surface area (TPSA) is 37.4 Å². The van der Waals surface area contributed by atoms with Crippen molar-refractivity contribution in [2.24, 2.45) is 11.3 Å². The highest BCUT2D eigenvalue weighted by Gasteiger charge is 2.33. The minimum absolute atomic E-state index is 0.139. The zero-order chi connectivity index (χ0) is 21.7. The molecule has 1 saturated carbocycles. The molecule has 0 saturated heterocycles. The van der Waals surface area contributed by atoms with Crippen molar-refractivity contribution in [3.05, 3.63) is 57.8 Å². The van der Waals surface area contributed by atoms with Gasteiger partial charge < -0.3 is 4.79 Å². The summed E-state index contributed by atoms with van der Waals surface area (Å²) < 4.78 is 0. The van der Waals surface area contributed by atoms with Crippen molar-refractivity contribution in [2.75, 3.05) is 13.1 Å². The maximum atomic E-state index is 13.5. The molecule has 3 atom stereocenters. The van der Waals surface area contributed by atoms with Crippen molar-refractivity contribution in [2.45, 2.75) is 70.8 Å². The molecule has 4 heteroatoms. The summed E-state index contributed by atoms with van der Waals surface area (Å²) in [7, 11) is 0. The first-order valence-electron chi connectivity index (χ1n) is 12.0. The van der Waals surface area contributed by atoms with E-state index in [-0.39, 0.29) is 17.4 Å². The van der Waals surface area contributed by atoms with Gasteiger partial charge in [-0.15, -0.1) is 11.3 Å². The van der Waals surface area contributed by atoms with Gasteiger partial charge in [-0.2, -0.15) is 0 Å². The Labute approximate surface area is 190 Å². The van der Waals surface area contributed by atoms with Crippen LogP contribution in [0.3, 0.4) is 0 Å². The van der Waals surface area contributed by atoms with Crippen LogP contribution in [0.2, 0.25) is 0 Å². The maximum Gasteiger partial charge on any atom is 0.149 e. The third-order valence-corrected chi connectivity index (χ3v) is 8.65. The fourth-order valence-corrected chi connectivity index (χ4v) is 6.51. The van der Waals surface area contributed by atoms with Crippen LogP contribution in [0.5, 0.6) is 0 Å². The lowest BCUT2D eigenvalue weighted by Gasteiger charge is -2.36. The molecular weight excluding hydrogens is 402 g/mol. The minimum atomic E-state index is -0.154. The fourth-order valence-electron chi connectivity index (χ4n) is 5.61. The van der Waals surface area contributed by atoms with Crippen LogP contribution in [0.25, 0.3) is 0 Å². The Morgan fingerprint density at radius 3 is 2.68 bits per heavy atom. The molecule has 0 radical (unpaired) electrons. The van der Waals surface area contributed by atoms with Gasteiger partial charge in [-0.1, -0.05) is 56.5 Å². The molecule has 0 bridgehead atoms. The number of fused-ring (bicyclic) bond motifs is 1. The molecule has 2 aromatic rings. The number of aldehydes is 1. The SMILES string of the molecule is CCC1(C=O)CCCCC(C(=O)CN2CCc3sccc3C2c2ccccc2)CCC1. The standard InChI is InChI=1S/C27H35NO2S/c1-2-27(20-29)15-7-6-9-21(12-8-16-27)24(30)19-28-17-13-25-23(14-18-31-25)26(28)22-10-4-3-5-11-22/h3-5,10-11,14,18,20-21,26H,2,6-9,12-13,15-17,19H2,1H3. The Kier molecular flexibility index (Phi) is 7.39. The van der Waals surface area contributed by atoms with Gasteiger partial charge in [-0.25, -0.2) is 0 Å². The van der Waals surface area contributed by atoms with Gasteiger partial charge in [0.1, 0.15) is 12.1 Å². The quantitative estimate of drug-likeness (QED) is 0.503. The van der Waals surface area contributed by atoms with Crippen LogP contribution < -0.4 is 0 Å². The maximum absolute atomic E-state index is 13.5. The van der Waals surface area contributed by atoms with Crippen LogP contribution in [0.1, 0.15) is 80.3 Å². The second-order valence-corrected chi connectivity index (χ2v) is 10.5. The lowest BCUT2D eigenvalue weighted by atomic mass is 9.78. The molecule has 2 heterocycles. The van der Waals surface area contributed by atoms with Crippen molar-refractivity contribution < 1.29 is 9.59 Å². The van der Waals surface area contributed by atoms with Gasteiger partial charge >= 0.3 is 0 Å². The van der Waals surface area contributed by atoms with E-state index in [9.17, 15) is 9.59 Å². The summed E-state index contributed by atoms with van der Waals surface area (Å²) in [5.41, 5.74) is 2.50. The minimum Gasteiger partial charge on any atom is -0.303 e. The molecule has 4 rings (SSSR count). The Balaban J connectivity index is 1.47. The van der Waals surface area contributed by atoms with Gasteiger partial charge in [0.15, 0.2) is 0 Å². The number of Topliss-reactive ketones (excluding diaryl/α,β-unsaturated/α-hetero) is 1. The molecule has 1 aliphatic carbocycles. The van der Waals surface area contributed by atoms with Crippen LogP contribution in [-0.2, 0) is 16.0 Å². The van der Waals surface area contributed by atoms with E-state index in [1.165, 1.54) is 22.3 Å². The van der Waals surface area contributed by atoms with Gasteiger partial charge in [-0.05, 0) is 61.1 Å². The van der Waals surface area contributed by atoms with Crippen molar-refractivity contribution in [1.82, 2.24) is 4.90 Å². The number of benzene rings is 1. The molecule has 1 aromatic heterocycles. The molecule has 31 heavy (non-hydrogen) atoms.